The van der Waals surface area contributed by atoms with Crippen LogP contribution in [0, 0.1) is 6.92 Å². The van der Waals surface area contributed by atoms with Crippen LogP contribution in [0.15, 0.2) is 18.2 Å². The lowest BCUT2D eigenvalue weighted by molar-refractivity contribution is -0.0465. The Morgan fingerprint density at radius 3 is 3.00 bits per heavy atom. The topological polar surface area (TPSA) is 47.7 Å². The summed E-state index contributed by atoms with van der Waals surface area (Å²) in [6.07, 6.45) is 0.144. The van der Waals surface area contributed by atoms with Crippen LogP contribution in [0.25, 0.3) is 0 Å². The lowest BCUT2D eigenvalue weighted by Crippen LogP contribution is -2.44. The second kappa shape index (κ2) is 7.07. The van der Waals surface area contributed by atoms with Gasteiger partial charge in [-0.25, -0.2) is 0 Å². The summed E-state index contributed by atoms with van der Waals surface area (Å²) in [5.41, 5.74) is 8.28. The Balaban J connectivity index is 1.96. The molecule has 0 amide bonds. The van der Waals surface area contributed by atoms with E-state index in [1.54, 1.807) is 0 Å². The predicted octanol–water partition coefficient (Wildman–Crippen LogP) is 2.11. The van der Waals surface area contributed by atoms with Crippen molar-refractivity contribution in [2.75, 3.05) is 32.8 Å². The summed E-state index contributed by atoms with van der Waals surface area (Å²) in [6, 6.07) is 6.14. The second-order valence-corrected chi connectivity index (χ2v) is 5.53. The van der Waals surface area contributed by atoms with Gasteiger partial charge in [-0.05, 0) is 26.5 Å². The second-order valence-electron chi connectivity index (χ2n) is 5.53. The number of benzene rings is 1. The first-order valence-electron chi connectivity index (χ1n) is 7.43. The van der Waals surface area contributed by atoms with Crippen molar-refractivity contribution in [2.45, 2.75) is 32.9 Å². The van der Waals surface area contributed by atoms with Crippen LogP contribution in [0.2, 0.25) is 0 Å². The number of ether oxygens (including phenoxy) is 2. The quantitative estimate of drug-likeness (QED) is 0.896. The molecule has 112 valence electrons. The highest BCUT2D eigenvalue weighted by molar-refractivity contribution is 5.38. The summed E-state index contributed by atoms with van der Waals surface area (Å²) < 4.78 is 11.7. The van der Waals surface area contributed by atoms with Crippen molar-refractivity contribution in [1.82, 2.24) is 4.90 Å². The largest absolute Gasteiger partial charge is 0.490 e. The number of likely N-dealkylation sites (N-methyl/N-ethyl adjacent to an activating group) is 1. The van der Waals surface area contributed by atoms with Gasteiger partial charge in [0.2, 0.25) is 0 Å². The molecule has 0 spiro atoms. The monoisotopic (exact) mass is 278 g/mol. The summed E-state index contributed by atoms with van der Waals surface area (Å²) in [4.78, 5) is 2.39. The predicted molar refractivity (Wildman–Crippen MR) is 81.1 cm³/mol. The van der Waals surface area contributed by atoms with Gasteiger partial charge < -0.3 is 15.2 Å². The van der Waals surface area contributed by atoms with Crippen molar-refractivity contribution in [1.29, 1.82) is 0 Å². The molecule has 1 saturated heterocycles. The molecule has 1 aliphatic rings. The Labute approximate surface area is 121 Å². The highest BCUT2D eigenvalue weighted by Gasteiger charge is 2.20. The molecule has 2 atom stereocenters. The molecule has 4 heteroatoms. The van der Waals surface area contributed by atoms with Crippen molar-refractivity contribution in [2.24, 2.45) is 5.73 Å². The maximum Gasteiger partial charge on any atom is 0.124 e. The van der Waals surface area contributed by atoms with Gasteiger partial charge in [0.1, 0.15) is 18.5 Å². The minimum atomic E-state index is -0.0238. The van der Waals surface area contributed by atoms with E-state index in [0.29, 0.717) is 6.61 Å². The number of morpholine rings is 1. The molecule has 2 N–H and O–H groups in total. The standard InChI is InChI=1S/C16H26N2O2/c1-4-18-7-8-19-14(10-18)11-20-16-6-5-12(2)9-15(16)13(3)17/h5-6,9,13-14H,4,7-8,10-11,17H2,1-3H3/t13-,14?/m1/s1. The van der Waals surface area contributed by atoms with Crippen LogP contribution >= 0.6 is 0 Å². The smallest absolute Gasteiger partial charge is 0.124 e. The van der Waals surface area contributed by atoms with Gasteiger partial charge >= 0.3 is 0 Å². The van der Waals surface area contributed by atoms with E-state index < -0.39 is 0 Å². The van der Waals surface area contributed by atoms with Gasteiger partial charge in [-0.2, -0.15) is 0 Å². The van der Waals surface area contributed by atoms with Crippen LogP contribution in [-0.4, -0.2) is 43.9 Å². The molecule has 1 unspecified atom stereocenters. The van der Waals surface area contributed by atoms with Crippen LogP contribution in [0.3, 0.4) is 0 Å². The maximum atomic E-state index is 6.02. The summed E-state index contributed by atoms with van der Waals surface area (Å²) in [5, 5.41) is 0. The van der Waals surface area contributed by atoms with Crippen LogP contribution < -0.4 is 10.5 Å². The highest BCUT2D eigenvalue weighted by atomic mass is 16.5. The van der Waals surface area contributed by atoms with Gasteiger partial charge in [-0.1, -0.05) is 24.6 Å². The van der Waals surface area contributed by atoms with Crippen molar-refractivity contribution in [3.8, 4) is 5.75 Å². The molecule has 4 nitrogen and oxygen atoms in total. The van der Waals surface area contributed by atoms with E-state index in [9.17, 15) is 0 Å². The Morgan fingerprint density at radius 2 is 2.30 bits per heavy atom. The Morgan fingerprint density at radius 1 is 1.50 bits per heavy atom. The van der Waals surface area contributed by atoms with Crippen molar-refractivity contribution < 1.29 is 9.47 Å². The number of hydrogen-bond donors (Lipinski definition) is 1. The first-order chi connectivity index (χ1) is 9.60. The molecule has 0 radical (unpaired) electrons. The van der Waals surface area contributed by atoms with Gasteiger partial charge in [0.15, 0.2) is 0 Å². The molecule has 2 rings (SSSR count). The van der Waals surface area contributed by atoms with E-state index in [4.69, 9.17) is 15.2 Å². The SMILES string of the molecule is CCN1CCOC(COc2ccc(C)cc2[C@@H](C)N)C1. The van der Waals surface area contributed by atoms with Gasteiger partial charge in [0.05, 0.1) is 6.61 Å². The number of hydrogen-bond acceptors (Lipinski definition) is 4. The summed E-state index contributed by atoms with van der Waals surface area (Å²) in [5.74, 6) is 0.878. The zero-order chi connectivity index (χ0) is 14.5. The van der Waals surface area contributed by atoms with E-state index in [1.165, 1.54) is 5.56 Å². The van der Waals surface area contributed by atoms with Crippen LogP contribution in [0.5, 0.6) is 5.75 Å². The molecule has 20 heavy (non-hydrogen) atoms. The summed E-state index contributed by atoms with van der Waals surface area (Å²) in [7, 11) is 0. The highest BCUT2D eigenvalue weighted by Crippen LogP contribution is 2.25. The molecular formula is C16H26N2O2. The Kier molecular flexibility index (Phi) is 5.40. The number of aryl methyl sites for hydroxylation is 1. The van der Waals surface area contributed by atoms with E-state index in [2.05, 4.69) is 30.9 Å². The molecule has 1 aromatic carbocycles. The van der Waals surface area contributed by atoms with Gasteiger partial charge in [-0.15, -0.1) is 0 Å². The number of nitrogens with two attached hydrogens (primary N) is 1. The molecular weight excluding hydrogens is 252 g/mol. The molecule has 0 bridgehead atoms. The third kappa shape index (κ3) is 3.95. The third-order valence-electron chi connectivity index (χ3n) is 3.75. The third-order valence-corrected chi connectivity index (χ3v) is 3.75. The summed E-state index contributed by atoms with van der Waals surface area (Å²) in [6.45, 7) is 10.6. The lowest BCUT2D eigenvalue weighted by atomic mass is 10.1. The van der Waals surface area contributed by atoms with Crippen LogP contribution in [0.1, 0.15) is 31.0 Å². The van der Waals surface area contributed by atoms with E-state index in [-0.39, 0.29) is 12.1 Å². The molecule has 1 aliphatic heterocycles. The Hall–Kier alpha value is -1.10. The van der Waals surface area contributed by atoms with Gasteiger partial charge in [0.25, 0.3) is 0 Å². The number of rotatable bonds is 5. The minimum Gasteiger partial charge on any atom is -0.490 e. The Bertz CT molecular complexity index is 434. The molecule has 0 aliphatic carbocycles. The lowest BCUT2D eigenvalue weighted by Gasteiger charge is -2.32. The fourth-order valence-electron chi connectivity index (χ4n) is 2.51. The fraction of sp³-hybridized carbons (Fsp3) is 0.625. The molecule has 1 heterocycles. The van der Waals surface area contributed by atoms with Crippen LogP contribution in [0.4, 0.5) is 0 Å². The van der Waals surface area contributed by atoms with Crippen molar-refractivity contribution in [3.63, 3.8) is 0 Å². The normalized spacial score (nSPS) is 21.7. The van der Waals surface area contributed by atoms with E-state index in [1.807, 2.05) is 13.0 Å². The van der Waals surface area contributed by atoms with Crippen molar-refractivity contribution >= 4 is 0 Å². The minimum absolute atomic E-state index is 0.0238. The molecule has 1 fully saturated rings. The zero-order valence-electron chi connectivity index (χ0n) is 12.8. The zero-order valence-corrected chi connectivity index (χ0v) is 12.8. The molecule has 1 aromatic rings. The number of nitrogens with zero attached hydrogens (tertiary/aromatic N) is 1. The van der Waals surface area contributed by atoms with Gasteiger partial charge in [0, 0.05) is 24.7 Å². The van der Waals surface area contributed by atoms with E-state index in [0.717, 1.165) is 37.6 Å². The average molecular weight is 278 g/mol. The van der Waals surface area contributed by atoms with Crippen LogP contribution in [-0.2, 0) is 4.74 Å². The fourth-order valence-corrected chi connectivity index (χ4v) is 2.51. The maximum absolute atomic E-state index is 6.02. The van der Waals surface area contributed by atoms with E-state index >= 15 is 0 Å². The molecule has 0 aromatic heterocycles. The first kappa shape index (κ1) is 15.3. The first-order valence-corrected chi connectivity index (χ1v) is 7.43. The average Bonchev–Trinajstić information content (AvgIpc) is 2.46. The molecule has 0 saturated carbocycles. The summed E-state index contributed by atoms with van der Waals surface area (Å²) >= 11 is 0. The van der Waals surface area contributed by atoms with Crippen molar-refractivity contribution in [3.05, 3.63) is 29.3 Å². The van der Waals surface area contributed by atoms with Gasteiger partial charge in [-0.3, -0.25) is 4.90 Å².